The van der Waals surface area contributed by atoms with E-state index in [1.807, 2.05) is 11.6 Å². The normalized spacial score (nSPS) is 16.2. The molecule has 3 rings (SSSR count). The van der Waals surface area contributed by atoms with Crippen LogP contribution < -0.4 is 14.8 Å². The summed E-state index contributed by atoms with van der Waals surface area (Å²) in [7, 11) is -4.10. The van der Waals surface area contributed by atoms with E-state index in [0.29, 0.717) is 17.7 Å². The van der Waals surface area contributed by atoms with Crippen molar-refractivity contribution in [3.8, 4) is 5.75 Å². The summed E-state index contributed by atoms with van der Waals surface area (Å²) in [6.07, 6.45) is -0.108. The van der Waals surface area contributed by atoms with E-state index in [2.05, 4.69) is 5.32 Å². The summed E-state index contributed by atoms with van der Waals surface area (Å²) < 4.78 is 32.6. The number of nitrogens with one attached hydrogen (secondary N) is 2. The molecule has 0 aliphatic carbocycles. The minimum atomic E-state index is -4.10. The summed E-state index contributed by atoms with van der Waals surface area (Å²) in [5.74, 6) is -0.661. The number of carbonyl (C=O) groups is 2. The first-order chi connectivity index (χ1) is 12.3. The molecule has 0 bridgehead atoms. The van der Waals surface area contributed by atoms with Gasteiger partial charge in [-0.3, -0.25) is 9.59 Å². The van der Waals surface area contributed by atoms with E-state index < -0.39 is 22.0 Å². The maximum atomic E-state index is 12.5. The van der Waals surface area contributed by atoms with Crippen molar-refractivity contribution in [3.05, 3.63) is 53.6 Å². The van der Waals surface area contributed by atoms with Gasteiger partial charge in [-0.05, 0) is 43.2 Å². The smallest absolute Gasteiger partial charge is 0.265 e. The van der Waals surface area contributed by atoms with Crippen molar-refractivity contribution in [1.82, 2.24) is 4.72 Å². The molecule has 0 spiro atoms. The Balaban J connectivity index is 1.87. The predicted molar refractivity (Wildman–Crippen MR) is 95.6 cm³/mol. The second-order valence-electron chi connectivity index (χ2n) is 5.91. The number of amides is 2. The largest absolute Gasteiger partial charge is 0.478 e. The van der Waals surface area contributed by atoms with Crippen LogP contribution in [-0.4, -0.2) is 26.3 Å². The second kappa shape index (κ2) is 6.80. The third kappa shape index (κ3) is 3.41. The molecule has 8 heteroatoms. The molecule has 7 nitrogen and oxygen atoms in total. The summed E-state index contributed by atoms with van der Waals surface area (Å²) in [5.41, 5.74) is 1.19. The Hall–Kier alpha value is -2.87. The molecule has 0 saturated carbocycles. The minimum Gasteiger partial charge on any atom is -0.478 e. The van der Waals surface area contributed by atoms with Crippen molar-refractivity contribution in [2.45, 2.75) is 31.3 Å². The maximum Gasteiger partial charge on any atom is 0.265 e. The number of hydrogen-bond donors (Lipinski definition) is 2. The third-order valence-electron chi connectivity index (χ3n) is 4.07. The van der Waals surface area contributed by atoms with E-state index in [9.17, 15) is 18.0 Å². The van der Waals surface area contributed by atoms with Gasteiger partial charge in [0, 0.05) is 5.56 Å². The number of sulfonamides is 1. The van der Waals surface area contributed by atoms with Gasteiger partial charge in [0.2, 0.25) is 0 Å². The van der Waals surface area contributed by atoms with Gasteiger partial charge >= 0.3 is 0 Å². The SMILES string of the molecule is CC[C@H]1Oc2ccc(S(=O)(=O)NC(=O)c3ccccc3C)cc2NC1=O. The number of rotatable bonds is 4. The van der Waals surface area contributed by atoms with Crippen LogP contribution in [0.25, 0.3) is 0 Å². The topological polar surface area (TPSA) is 102 Å². The van der Waals surface area contributed by atoms with E-state index in [1.165, 1.54) is 18.2 Å². The molecule has 1 atom stereocenters. The summed E-state index contributed by atoms with van der Waals surface area (Å²) >= 11 is 0. The zero-order valence-electron chi connectivity index (χ0n) is 14.3. The number of aryl methyl sites for hydroxylation is 1. The van der Waals surface area contributed by atoms with Gasteiger partial charge in [-0.1, -0.05) is 25.1 Å². The quantitative estimate of drug-likeness (QED) is 0.854. The second-order valence-corrected chi connectivity index (χ2v) is 7.59. The molecule has 136 valence electrons. The molecule has 0 unspecified atom stereocenters. The molecule has 0 fully saturated rings. The number of hydrogen-bond acceptors (Lipinski definition) is 5. The van der Waals surface area contributed by atoms with Crippen LogP contribution in [0.2, 0.25) is 0 Å². The monoisotopic (exact) mass is 374 g/mol. The van der Waals surface area contributed by atoms with Gasteiger partial charge in [0.15, 0.2) is 6.10 Å². The highest BCUT2D eigenvalue weighted by Gasteiger charge is 2.28. The first kappa shape index (κ1) is 17.9. The Kier molecular flexibility index (Phi) is 4.69. The van der Waals surface area contributed by atoms with Gasteiger partial charge in [0.1, 0.15) is 5.75 Å². The van der Waals surface area contributed by atoms with Gasteiger partial charge < -0.3 is 10.1 Å². The molecule has 26 heavy (non-hydrogen) atoms. The van der Waals surface area contributed by atoms with Gasteiger partial charge in [0.05, 0.1) is 10.6 Å². The van der Waals surface area contributed by atoms with Crippen molar-refractivity contribution in [2.24, 2.45) is 0 Å². The fourth-order valence-electron chi connectivity index (χ4n) is 2.63. The maximum absolute atomic E-state index is 12.5. The highest BCUT2D eigenvalue weighted by Crippen LogP contribution is 2.32. The summed E-state index contributed by atoms with van der Waals surface area (Å²) in [6.45, 7) is 3.53. The number of benzene rings is 2. The molecule has 1 heterocycles. The molecule has 1 aliphatic heterocycles. The minimum absolute atomic E-state index is 0.142. The van der Waals surface area contributed by atoms with Crippen LogP contribution in [-0.2, 0) is 14.8 Å². The summed E-state index contributed by atoms with van der Waals surface area (Å²) in [6, 6.07) is 10.7. The Morgan fingerprint density at radius 3 is 2.65 bits per heavy atom. The first-order valence-electron chi connectivity index (χ1n) is 8.06. The Labute approximate surface area is 151 Å². The summed E-state index contributed by atoms with van der Waals surface area (Å²) in [4.78, 5) is 24.0. The third-order valence-corrected chi connectivity index (χ3v) is 5.40. The fourth-order valence-corrected chi connectivity index (χ4v) is 3.62. The van der Waals surface area contributed by atoms with Crippen LogP contribution in [0.1, 0.15) is 29.3 Å². The average molecular weight is 374 g/mol. The highest BCUT2D eigenvalue weighted by atomic mass is 32.2. The van der Waals surface area contributed by atoms with Crippen LogP contribution in [0.15, 0.2) is 47.4 Å². The zero-order valence-corrected chi connectivity index (χ0v) is 15.1. The molecule has 2 amide bonds. The molecule has 0 saturated heterocycles. The standard InChI is InChI=1S/C18H18N2O5S/c1-3-15-18(22)19-14-10-12(8-9-16(14)25-15)26(23,24)20-17(21)13-7-5-4-6-11(13)2/h4-10,15H,3H2,1-2H3,(H,19,22)(H,20,21)/t15-/m1/s1. The van der Waals surface area contributed by atoms with Crippen LogP contribution in [0, 0.1) is 6.92 Å². The van der Waals surface area contributed by atoms with Gasteiger partial charge in [-0.2, -0.15) is 0 Å². The Bertz CT molecular complexity index is 985. The van der Waals surface area contributed by atoms with Crippen molar-refractivity contribution in [2.75, 3.05) is 5.32 Å². The number of fused-ring (bicyclic) bond motifs is 1. The van der Waals surface area contributed by atoms with Gasteiger partial charge in [-0.15, -0.1) is 0 Å². The number of anilines is 1. The lowest BCUT2D eigenvalue weighted by Crippen LogP contribution is -2.36. The van der Waals surface area contributed by atoms with E-state index >= 15 is 0 Å². The van der Waals surface area contributed by atoms with E-state index in [4.69, 9.17) is 4.74 Å². The Morgan fingerprint density at radius 2 is 1.96 bits per heavy atom. The number of carbonyl (C=O) groups excluding carboxylic acids is 2. The predicted octanol–water partition coefficient (Wildman–Crippen LogP) is 2.22. The van der Waals surface area contributed by atoms with Crippen LogP contribution >= 0.6 is 0 Å². The molecule has 0 aromatic heterocycles. The molecule has 2 N–H and O–H groups in total. The van der Waals surface area contributed by atoms with Crippen LogP contribution in [0.3, 0.4) is 0 Å². The summed E-state index contributed by atoms with van der Waals surface area (Å²) in [5, 5.41) is 2.63. The Morgan fingerprint density at radius 1 is 1.23 bits per heavy atom. The fraction of sp³-hybridized carbons (Fsp3) is 0.222. The van der Waals surface area contributed by atoms with Crippen molar-refractivity contribution in [3.63, 3.8) is 0 Å². The zero-order chi connectivity index (χ0) is 18.9. The number of ether oxygens (including phenoxy) is 1. The molecular formula is C18H18N2O5S. The van der Waals surface area contributed by atoms with Crippen molar-refractivity contribution in [1.29, 1.82) is 0 Å². The molecule has 1 aliphatic rings. The lowest BCUT2D eigenvalue weighted by atomic mass is 10.1. The molecular weight excluding hydrogens is 356 g/mol. The lowest BCUT2D eigenvalue weighted by molar-refractivity contribution is -0.123. The van der Waals surface area contributed by atoms with Crippen molar-refractivity contribution < 1.29 is 22.7 Å². The highest BCUT2D eigenvalue weighted by molar-refractivity contribution is 7.90. The van der Waals surface area contributed by atoms with Crippen molar-refractivity contribution >= 4 is 27.5 Å². The molecule has 2 aromatic rings. The van der Waals surface area contributed by atoms with Crippen LogP contribution in [0.4, 0.5) is 5.69 Å². The van der Waals surface area contributed by atoms with Crippen LogP contribution in [0.5, 0.6) is 5.75 Å². The molecule has 2 aromatic carbocycles. The van der Waals surface area contributed by atoms with E-state index in [-0.39, 0.29) is 22.1 Å². The lowest BCUT2D eigenvalue weighted by Gasteiger charge is -2.25. The first-order valence-corrected chi connectivity index (χ1v) is 9.54. The van der Waals surface area contributed by atoms with Gasteiger partial charge in [-0.25, -0.2) is 13.1 Å². The van der Waals surface area contributed by atoms with E-state index in [0.717, 1.165) is 0 Å². The van der Waals surface area contributed by atoms with Gasteiger partial charge in [0.25, 0.3) is 21.8 Å². The van der Waals surface area contributed by atoms with E-state index in [1.54, 1.807) is 31.2 Å². The molecule has 0 radical (unpaired) electrons. The average Bonchev–Trinajstić information content (AvgIpc) is 2.60.